The smallest absolute Gasteiger partial charge is 0.255 e. The third-order valence-electron chi connectivity index (χ3n) is 5.29. The van der Waals surface area contributed by atoms with Gasteiger partial charge in [-0.05, 0) is 56.2 Å². The monoisotopic (exact) mass is 351 g/mol. The lowest BCUT2D eigenvalue weighted by Crippen LogP contribution is -2.39. The Hall–Kier alpha value is -2.36. The number of rotatable bonds is 6. The minimum absolute atomic E-state index is 0.103. The summed E-state index contributed by atoms with van der Waals surface area (Å²) >= 11 is 0. The largest absolute Gasteiger partial charge is 0.368 e. The van der Waals surface area contributed by atoms with Gasteiger partial charge in [-0.1, -0.05) is 37.3 Å². The molecule has 0 radical (unpaired) electrons. The van der Waals surface area contributed by atoms with Crippen LogP contribution in [0.4, 0.5) is 5.82 Å². The van der Waals surface area contributed by atoms with Gasteiger partial charge in [0.25, 0.3) is 5.91 Å². The third kappa shape index (κ3) is 4.84. The van der Waals surface area contributed by atoms with Crippen LogP contribution >= 0.6 is 0 Å². The van der Waals surface area contributed by atoms with Crippen LogP contribution in [-0.4, -0.2) is 34.9 Å². The minimum Gasteiger partial charge on any atom is -0.368 e. The normalized spacial score (nSPS) is 16.3. The van der Waals surface area contributed by atoms with Crippen LogP contribution in [0.25, 0.3) is 0 Å². The number of aromatic nitrogens is 1. The first-order valence-corrected chi connectivity index (χ1v) is 9.71. The van der Waals surface area contributed by atoms with Gasteiger partial charge in [0.2, 0.25) is 0 Å². The van der Waals surface area contributed by atoms with Gasteiger partial charge in [-0.15, -0.1) is 0 Å². The summed E-state index contributed by atoms with van der Waals surface area (Å²) in [5, 5.41) is 3.33. The molecule has 1 aliphatic heterocycles. The molecule has 0 spiro atoms. The van der Waals surface area contributed by atoms with Gasteiger partial charge < -0.3 is 10.2 Å². The first-order valence-electron chi connectivity index (χ1n) is 9.71. The van der Waals surface area contributed by atoms with Crippen molar-refractivity contribution in [1.29, 1.82) is 0 Å². The fourth-order valence-corrected chi connectivity index (χ4v) is 3.43. The van der Waals surface area contributed by atoms with Crippen LogP contribution in [-0.2, 0) is 6.42 Å². The van der Waals surface area contributed by atoms with Gasteiger partial charge >= 0.3 is 0 Å². The Kier molecular flexibility index (Phi) is 6.26. The van der Waals surface area contributed by atoms with E-state index in [4.69, 9.17) is 0 Å². The molecule has 1 aromatic carbocycles. The topological polar surface area (TPSA) is 45.2 Å². The lowest BCUT2D eigenvalue weighted by molar-refractivity contribution is 0.0690. The molecule has 1 amide bonds. The maximum atomic E-state index is 12.7. The number of likely N-dealkylation sites (tertiary alicyclic amines) is 1. The van der Waals surface area contributed by atoms with E-state index < -0.39 is 0 Å². The van der Waals surface area contributed by atoms with Gasteiger partial charge in [-0.2, -0.15) is 0 Å². The second-order valence-corrected chi connectivity index (χ2v) is 7.31. The number of nitrogens with zero attached hydrogens (tertiary/aromatic N) is 2. The highest BCUT2D eigenvalue weighted by atomic mass is 16.2. The van der Waals surface area contributed by atoms with Gasteiger partial charge in [0.15, 0.2) is 0 Å². The molecule has 4 nitrogen and oxygen atoms in total. The highest BCUT2D eigenvalue weighted by Crippen LogP contribution is 2.23. The van der Waals surface area contributed by atoms with Crippen molar-refractivity contribution in [3.05, 3.63) is 59.8 Å². The lowest BCUT2D eigenvalue weighted by Gasteiger charge is -2.32. The van der Waals surface area contributed by atoms with Crippen molar-refractivity contribution in [1.82, 2.24) is 9.88 Å². The quantitative estimate of drug-likeness (QED) is 0.840. The number of hydrogen-bond donors (Lipinski definition) is 1. The fraction of sp³-hybridized carbons (Fsp3) is 0.455. The summed E-state index contributed by atoms with van der Waals surface area (Å²) in [6.07, 6.45) is 5.99. The van der Waals surface area contributed by atoms with Crippen molar-refractivity contribution in [3.8, 4) is 0 Å². The number of benzene rings is 1. The third-order valence-corrected chi connectivity index (χ3v) is 5.29. The Morgan fingerprint density at radius 1 is 1.19 bits per heavy atom. The molecule has 1 unspecified atom stereocenters. The van der Waals surface area contributed by atoms with Crippen molar-refractivity contribution in [3.63, 3.8) is 0 Å². The first kappa shape index (κ1) is 18.4. The maximum absolute atomic E-state index is 12.7. The second-order valence-electron chi connectivity index (χ2n) is 7.31. The molecule has 2 aromatic rings. The highest BCUT2D eigenvalue weighted by Gasteiger charge is 2.24. The van der Waals surface area contributed by atoms with Crippen molar-refractivity contribution in [2.45, 2.75) is 45.6 Å². The van der Waals surface area contributed by atoms with Crippen LogP contribution in [0, 0.1) is 5.92 Å². The summed E-state index contributed by atoms with van der Waals surface area (Å²) in [6.45, 7) is 5.93. The van der Waals surface area contributed by atoms with E-state index in [2.05, 4.69) is 54.5 Å². The maximum Gasteiger partial charge on any atom is 0.255 e. The summed E-state index contributed by atoms with van der Waals surface area (Å²) in [6, 6.07) is 14.8. The van der Waals surface area contributed by atoms with E-state index in [9.17, 15) is 4.79 Å². The molecule has 1 saturated heterocycles. The predicted molar refractivity (Wildman–Crippen MR) is 106 cm³/mol. The summed E-state index contributed by atoms with van der Waals surface area (Å²) in [5.74, 6) is 1.60. The molecule has 3 rings (SSSR count). The zero-order chi connectivity index (χ0) is 18.4. The average molecular weight is 351 g/mol. The summed E-state index contributed by atoms with van der Waals surface area (Å²) in [5.41, 5.74) is 2.08. The summed E-state index contributed by atoms with van der Waals surface area (Å²) in [7, 11) is 0. The Morgan fingerprint density at radius 2 is 1.92 bits per heavy atom. The van der Waals surface area contributed by atoms with E-state index >= 15 is 0 Å². The Labute approximate surface area is 156 Å². The molecule has 1 N–H and O–H groups in total. The Bertz CT molecular complexity index is 691. The first-order chi connectivity index (χ1) is 12.7. The molecule has 1 fully saturated rings. The van der Waals surface area contributed by atoms with E-state index in [0.29, 0.717) is 17.5 Å². The Morgan fingerprint density at radius 3 is 2.54 bits per heavy atom. The molecule has 0 saturated carbocycles. The highest BCUT2D eigenvalue weighted by molar-refractivity contribution is 5.94. The minimum atomic E-state index is 0.103. The van der Waals surface area contributed by atoms with Gasteiger partial charge in [0, 0.05) is 25.3 Å². The molecular formula is C22H29N3O. The predicted octanol–water partition coefficient (Wildman–Crippen LogP) is 4.39. The van der Waals surface area contributed by atoms with Crippen LogP contribution in [0.1, 0.15) is 49.0 Å². The number of piperidine rings is 1. The molecule has 2 heterocycles. The number of pyridine rings is 1. The number of amides is 1. The van der Waals surface area contributed by atoms with E-state index in [1.165, 1.54) is 5.56 Å². The average Bonchev–Trinajstić information content (AvgIpc) is 2.69. The van der Waals surface area contributed by atoms with Crippen molar-refractivity contribution in [2.24, 2.45) is 5.92 Å². The van der Waals surface area contributed by atoms with Crippen LogP contribution in [0.2, 0.25) is 0 Å². The number of nitrogens with one attached hydrogen (secondary N) is 1. The molecule has 26 heavy (non-hydrogen) atoms. The van der Waals surface area contributed by atoms with E-state index in [-0.39, 0.29) is 5.91 Å². The van der Waals surface area contributed by atoms with E-state index in [1.807, 2.05) is 17.0 Å². The van der Waals surface area contributed by atoms with Crippen LogP contribution in [0.15, 0.2) is 48.7 Å². The molecule has 138 valence electrons. The van der Waals surface area contributed by atoms with Crippen LogP contribution < -0.4 is 5.32 Å². The number of carbonyl (C=O) groups excluding carboxylic acids is 1. The van der Waals surface area contributed by atoms with Crippen molar-refractivity contribution >= 4 is 11.7 Å². The van der Waals surface area contributed by atoms with Gasteiger partial charge in [-0.3, -0.25) is 4.79 Å². The summed E-state index contributed by atoms with van der Waals surface area (Å²) < 4.78 is 0. The van der Waals surface area contributed by atoms with E-state index in [1.54, 1.807) is 6.20 Å². The van der Waals surface area contributed by atoms with E-state index in [0.717, 1.165) is 44.6 Å². The molecule has 4 heteroatoms. The molecule has 1 aliphatic rings. The molecule has 0 bridgehead atoms. The lowest BCUT2D eigenvalue weighted by atomic mass is 9.90. The number of anilines is 1. The molecule has 0 aliphatic carbocycles. The summed E-state index contributed by atoms with van der Waals surface area (Å²) in [4.78, 5) is 19.1. The van der Waals surface area contributed by atoms with Crippen LogP contribution in [0.3, 0.4) is 0 Å². The van der Waals surface area contributed by atoms with Crippen molar-refractivity contribution < 1.29 is 4.79 Å². The standard InChI is InChI=1S/C22H29N3O/c1-3-17(2)24-21-10-9-20(16-23-21)22(26)25-13-11-19(12-14-25)15-18-7-5-4-6-8-18/h4-10,16-17,19H,3,11-15H2,1-2H3,(H,23,24). The SMILES string of the molecule is CCC(C)Nc1ccc(C(=O)N2CCC(Cc3ccccc3)CC2)cn1. The van der Waals surface area contributed by atoms with Crippen LogP contribution in [0.5, 0.6) is 0 Å². The van der Waals surface area contributed by atoms with Gasteiger partial charge in [-0.25, -0.2) is 4.98 Å². The van der Waals surface area contributed by atoms with Crippen molar-refractivity contribution in [2.75, 3.05) is 18.4 Å². The Balaban J connectivity index is 1.51. The molecular weight excluding hydrogens is 322 g/mol. The zero-order valence-electron chi connectivity index (χ0n) is 15.8. The zero-order valence-corrected chi connectivity index (χ0v) is 15.8. The van der Waals surface area contributed by atoms with Gasteiger partial charge in [0.05, 0.1) is 5.56 Å². The second kappa shape index (κ2) is 8.84. The number of hydrogen-bond acceptors (Lipinski definition) is 3. The number of carbonyl (C=O) groups is 1. The fourth-order valence-electron chi connectivity index (χ4n) is 3.43. The molecule has 1 atom stereocenters. The van der Waals surface area contributed by atoms with Gasteiger partial charge in [0.1, 0.15) is 5.82 Å². The molecule has 1 aromatic heterocycles.